The second-order valence-corrected chi connectivity index (χ2v) is 12.6. The van der Waals surface area contributed by atoms with Crippen molar-refractivity contribution in [3.63, 3.8) is 0 Å². The number of amides is 2. The molecule has 3 rings (SSSR count). The molecule has 7 nitrogen and oxygen atoms in total. The zero-order valence-electron chi connectivity index (χ0n) is 21.7. The van der Waals surface area contributed by atoms with Gasteiger partial charge in [-0.05, 0) is 81.8 Å². The maximum Gasteiger partial charge on any atom is 0.264 e. The van der Waals surface area contributed by atoms with E-state index in [1.54, 1.807) is 61.5 Å². The molecule has 0 saturated heterocycles. The molecular formula is C28H31Cl2N3O4S. The molecule has 0 saturated carbocycles. The molecule has 3 aromatic carbocycles. The highest BCUT2D eigenvalue weighted by Gasteiger charge is 2.33. The van der Waals surface area contributed by atoms with Crippen LogP contribution in [0.2, 0.25) is 10.0 Å². The highest BCUT2D eigenvalue weighted by molar-refractivity contribution is 7.92. The fourth-order valence-corrected chi connectivity index (χ4v) is 5.39. The van der Waals surface area contributed by atoms with Gasteiger partial charge < -0.3 is 10.2 Å². The van der Waals surface area contributed by atoms with Gasteiger partial charge in [0.05, 0.1) is 10.6 Å². The van der Waals surface area contributed by atoms with Crippen molar-refractivity contribution in [3.8, 4) is 0 Å². The van der Waals surface area contributed by atoms with E-state index in [0.717, 1.165) is 9.87 Å². The number of benzene rings is 3. The van der Waals surface area contributed by atoms with E-state index in [4.69, 9.17) is 23.2 Å². The van der Waals surface area contributed by atoms with E-state index >= 15 is 0 Å². The van der Waals surface area contributed by atoms with E-state index in [1.165, 1.54) is 29.2 Å². The molecule has 3 aromatic rings. The number of nitrogens with zero attached hydrogens (tertiary/aromatic N) is 2. The Labute approximate surface area is 234 Å². The summed E-state index contributed by atoms with van der Waals surface area (Å²) < 4.78 is 28.4. The van der Waals surface area contributed by atoms with Gasteiger partial charge in [0.1, 0.15) is 12.6 Å². The lowest BCUT2D eigenvalue weighted by Gasteiger charge is -2.33. The summed E-state index contributed by atoms with van der Waals surface area (Å²) in [5.74, 6) is -0.908. The van der Waals surface area contributed by atoms with E-state index in [9.17, 15) is 18.0 Å². The minimum absolute atomic E-state index is 0.0329. The fraction of sp³-hybridized carbons (Fsp3) is 0.286. The zero-order valence-corrected chi connectivity index (χ0v) is 24.0. The first kappa shape index (κ1) is 29.5. The number of carbonyl (C=O) groups excluding carboxylic acids is 2. The Hall–Kier alpha value is -3.07. The summed E-state index contributed by atoms with van der Waals surface area (Å²) in [6, 6.07) is 20.1. The minimum atomic E-state index is -4.12. The monoisotopic (exact) mass is 575 g/mol. The number of rotatable bonds is 9. The van der Waals surface area contributed by atoms with Crippen LogP contribution in [0.25, 0.3) is 0 Å². The third kappa shape index (κ3) is 7.72. The maximum atomic E-state index is 13.8. The van der Waals surface area contributed by atoms with E-state index in [2.05, 4.69) is 5.32 Å². The molecule has 0 heterocycles. The lowest BCUT2D eigenvalue weighted by Crippen LogP contribution is -2.54. The quantitative estimate of drug-likeness (QED) is 0.364. The van der Waals surface area contributed by atoms with Crippen LogP contribution in [0.5, 0.6) is 0 Å². The summed E-state index contributed by atoms with van der Waals surface area (Å²) in [5, 5.41) is 3.86. The third-order valence-electron chi connectivity index (χ3n) is 5.66. The number of nitrogens with one attached hydrogen (secondary N) is 1. The Kier molecular flexibility index (Phi) is 9.46. The van der Waals surface area contributed by atoms with Gasteiger partial charge in [0.15, 0.2) is 0 Å². The van der Waals surface area contributed by atoms with E-state index in [-0.39, 0.29) is 23.0 Å². The maximum absolute atomic E-state index is 13.8. The predicted octanol–water partition coefficient (Wildman–Crippen LogP) is 5.52. The standard InChI is InChI=1S/C28H31Cl2N3O4S/c1-20(27(35)31-28(2,3)4)32(18-21-10-12-22(29)13-11-21)26(34)19-33(24-16-14-23(30)15-17-24)38(36,37)25-8-6-5-7-9-25/h5-17,20H,18-19H2,1-4H3,(H,31,35). The van der Waals surface area contributed by atoms with Gasteiger partial charge in [-0.25, -0.2) is 8.42 Å². The number of hydrogen-bond donors (Lipinski definition) is 1. The molecule has 0 aliphatic carbocycles. The average molecular weight is 577 g/mol. The Morgan fingerprint density at radius 3 is 1.92 bits per heavy atom. The first-order valence-corrected chi connectivity index (χ1v) is 14.2. The summed E-state index contributed by atoms with van der Waals surface area (Å²) in [6.07, 6.45) is 0. The van der Waals surface area contributed by atoms with Crippen molar-refractivity contribution in [2.24, 2.45) is 0 Å². The number of hydrogen-bond acceptors (Lipinski definition) is 4. The number of halogens is 2. The topological polar surface area (TPSA) is 86.8 Å². The Balaban J connectivity index is 2.01. The van der Waals surface area contributed by atoms with Crippen LogP contribution in [0.1, 0.15) is 33.3 Å². The number of sulfonamides is 1. The molecule has 0 spiro atoms. The van der Waals surface area contributed by atoms with Crippen LogP contribution in [0, 0.1) is 0 Å². The molecule has 1 N–H and O–H groups in total. The first-order chi connectivity index (χ1) is 17.8. The first-order valence-electron chi connectivity index (χ1n) is 12.0. The average Bonchev–Trinajstić information content (AvgIpc) is 2.86. The minimum Gasteiger partial charge on any atom is -0.350 e. The van der Waals surface area contributed by atoms with Crippen molar-refractivity contribution >= 4 is 50.7 Å². The molecule has 0 aromatic heterocycles. The van der Waals surface area contributed by atoms with Gasteiger partial charge in [-0.3, -0.25) is 13.9 Å². The summed E-state index contributed by atoms with van der Waals surface area (Å²) in [6.45, 7) is 6.70. The van der Waals surface area contributed by atoms with E-state index < -0.39 is 34.1 Å². The van der Waals surface area contributed by atoms with Crippen LogP contribution < -0.4 is 9.62 Å². The smallest absolute Gasteiger partial charge is 0.264 e. The summed E-state index contributed by atoms with van der Waals surface area (Å²) >= 11 is 12.1. The zero-order chi connectivity index (χ0) is 28.1. The normalized spacial score (nSPS) is 12.5. The molecule has 2 amide bonds. The second kappa shape index (κ2) is 12.2. The van der Waals surface area contributed by atoms with Crippen LogP contribution in [0.15, 0.2) is 83.8 Å². The molecule has 10 heteroatoms. The molecule has 0 radical (unpaired) electrons. The summed E-state index contributed by atoms with van der Waals surface area (Å²) in [4.78, 5) is 28.3. The van der Waals surface area contributed by atoms with Crippen molar-refractivity contribution in [1.29, 1.82) is 0 Å². The van der Waals surface area contributed by atoms with Gasteiger partial charge in [0.2, 0.25) is 11.8 Å². The van der Waals surface area contributed by atoms with Gasteiger partial charge >= 0.3 is 0 Å². The molecule has 1 unspecified atom stereocenters. The van der Waals surface area contributed by atoms with Gasteiger partial charge in [-0.2, -0.15) is 0 Å². The summed E-state index contributed by atoms with van der Waals surface area (Å²) in [7, 11) is -4.12. The van der Waals surface area contributed by atoms with Gasteiger partial charge in [-0.15, -0.1) is 0 Å². The van der Waals surface area contributed by atoms with Crippen molar-refractivity contribution in [3.05, 3.63) is 94.5 Å². The van der Waals surface area contributed by atoms with Crippen molar-refractivity contribution in [2.75, 3.05) is 10.8 Å². The Bertz CT molecular complexity index is 1360. The highest BCUT2D eigenvalue weighted by Crippen LogP contribution is 2.26. The van der Waals surface area contributed by atoms with Crippen LogP contribution in [0.3, 0.4) is 0 Å². The largest absolute Gasteiger partial charge is 0.350 e. The van der Waals surface area contributed by atoms with Crippen molar-refractivity contribution in [2.45, 2.75) is 50.7 Å². The van der Waals surface area contributed by atoms with Crippen LogP contribution in [-0.4, -0.2) is 43.3 Å². The van der Waals surface area contributed by atoms with Gasteiger partial charge in [0, 0.05) is 22.1 Å². The van der Waals surface area contributed by atoms with Crippen molar-refractivity contribution < 1.29 is 18.0 Å². The van der Waals surface area contributed by atoms with Crippen molar-refractivity contribution in [1.82, 2.24) is 10.2 Å². The molecule has 0 fully saturated rings. The Morgan fingerprint density at radius 1 is 0.868 bits per heavy atom. The predicted molar refractivity (Wildman–Crippen MR) is 152 cm³/mol. The molecule has 0 bridgehead atoms. The fourth-order valence-electron chi connectivity index (χ4n) is 3.70. The molecule has 38 heavy (non-hydrogen) atoms. The second-order valence-electron chi connectivity index (χ2n) is 9.86. The number of carbonyl (C=O) groups is 2. The van der Waals surface area contributed by atoms with E-state index in [1.807, 2.05) is 20.8 Å². The molecular weight excluding hydrogens is 545 g/mol. The lowest BCUT2D eigenvalue weighted by atomic mass is 10.1. The Morgan fingerprint density at radius 2 is 1.39 bits per heavy atom. The van der Waals surface area contributed by atoms with E-state index in [0.29, 0.717) is 10.0 Å². The van der Waals surface area contributed by atoms with Crippen LogP contribution >= 0.6 is 23.2 Å². The number of anilines is 1. The van der Waals surface area contributed by atoms with Crippen LogP contribution in [-0.2, 0) is 26.2 Å². The van der Waals surface area contributed by atoms with Crippen LogP contribution in [0.4, 0.5) is 5.69 Å². The van der Waals surface area contributed by atoms with Gasteiger partial charge in [0.25, 0.3) is 10.0 Å². The molecule has 202 valence electrons. The molecule has 1 atom stereocenters. The molecule has 0 aliphatic rings. The summed E-state index contributed by atoms with van der Waals surface area (Å²) in [5.41, 5.74) is 0.485. The highest BCUT2D eigenvalue weighted by atomic mass is 35.5. The lowest BCUT2D eigenvalue weighted by molar-refractivity contribution is -0.140. The molecule has 0 aliphatic heterocycles. The SMILES string of the molecule is CC(C(=O)NC(C)(C)C)N(Cc1ccc(Cl)cc1)C(=O)CN(c1ccc(Cl)cc1)S(=O)(=O)c1ccccc1. The van der Waals surface area contributed by atoms with Gasteiger partial charge in [-0.1, -0.05) is 53.5 Å². The third-order valence-corrected chi connectivity index (χ3v) is 7.95.